The molecule has 0 unspecified atom stereocenters. The van der Waals surface area contributed by atoms with E-state index in [2.05, 4.69) is 0 Å². The minimum absolute atomic E-state index is 0.0595. The maximum Gasteiger partial charge on any atom is 0.343 e. The van der Waals surface area contributed by atoms with Gasteiger partial charge in [0.1, 0.15) is 17.1 Å². The smallest absolute Gasteiger partial charge is 0.343 e. The van der Waals surface area contributed by atoms with E-state index >= 15 is 0 Å². The Morgan fingerprint density at radius 2 is 1.26 bits per heavy atom. The first kappa shape index (κ1) is 24.3. The number of nitrogens with two attached hydrogens (primary N) is 2. The van der Waals surface area contributed by atoms with Gasteiger partial charge in [0.05, 0.1) is 16.5 Å². The predicted molar refractivity (Wildman–Crippen MR) is 140 cm³/mol. The van der Waals surface area contributed by atoms with E-state index in [1.54, 1.807) is 12.1 Å². The fourth-order valence-corrected chi connectivity index (χ4v) is 3.66. The van der Waals surface area contributed by atoms with Crippen LogP contribution in [0.25, 0.3) is 22.3 Å². The quantitative estimate of drug-likeness (QED) is 0.187. The van der Waals surface area contributed by atoms with Gasteiger partial charge in [-0.25, -0.2) is 14.0 Å². The zero-order valence-corrected chi connectivity index (χ0v) is 19.6. The number of hydrogen-bond donors (Lipinski definition) is 2. The summed E-state index contributed by atoms with van der Waals surface area (Å²) in [6.07, 6.45) is 0. The second-order valence-corrected chi connectivity index (χ2v) is 8.28. The Bertz CT molecular complexity index is 1730. The molecule has 0 aliphatic heterocycles. The van der Waals surface area contributed by atoms with Gasteiger partial charge in [0.2, 0.25) is 11.2 Å². The van der Waals surface area contributed by atoms with Crippen molar-refractivity contribution in [1.82, 2.24) is 0 Å². The van der Waals surface area contributed by atoms with Gasteiger partial charge < -0.3 is 25.4 Å². The minimum Gasteiger partial charge on any atom is -0.452 e. The number of rotatable bonds is 5. The highest BCUT2D eigenvalue weighted by Crippen LogP contribution is 2.33. The molecule has 4 aromatic carbocycles. The summed E-state index contributed by atoms with van der Waals surface area (Å²) >= 11 is 0. The minimum atomic E-state index is -0.811. The molecule has 1 heterocycles. The first-order chi connectivity index (χ1) is 18.3. The molecule has 0 saturated heterocycles. The van der Waals surface area contributed by atoms with Crippen LogP contribution in [0.5, 0.6) is 11.5 Å². The number of fused-ring (bicyclic) bond motifs is 1. The van der Waals surface area contributed by atoms with Crippen LogP contribution in [-0.2, 0) is 0 Å². The summed E-state index contributed by atoms with van der Waals surface area (Å²) in [5, 5.41) is 0.0725. The van der Waals surface area contributed by atoms with Crippen LogP contribution in [0.1, 0.15) is 20.7 Å². The Hall–Kier alpha value is -5.44. The summed E-state index contributed by atoms with van der Waals surface area (Å²) < 4.78 is 30.5. The average molecular weight is 510 g/mol. The molecule has 8 nitrogen and oxygen atoms in total. The molecule has 5 rings (SSSR count). The zero-order chi connectivity index (χ0) is 26.8. The molecule has 0 aliphatic carbocycles. The summed E-state index contributed by atoms with van der Waals surface area (Å²) in [5.41, 5.74) is 12.4. The Morgan fingerprint density at radius 1 is 0.711 bits per heavy atom. The number of anilines is 2. The summed E-state index contributed by atoms with van der Waals surface area (Å²) in [6.45, 7) is 0. The molecule has 0 atom stereocenters. The van der Waals surface area contributed by atoms with E-state index in [1.165, 1.54) is 78.9 Å². The van der Waals surface area contributed by atoms with E-state index in [1.807, 2.05) is 0 Å². The molecular formula is C29H19FN2O6. The molecule has 9 heteroatoms. The van der Waals surface area contributed by atoms with Gasteiger partial charge in [-0.05, 0) is 84.9 Å². The lowest BCUT2D eigenvalue weighted by Gasteiger charge is -2.12. The standard InChI is InChI=1S/C29H19FN2O6/c30-19-7-1-16(2-8-19)26-27(38-29(35)18-5-11-21(32)12-6-18)25(33)23-14-13-22(15-24(23)37-26)36-28(34)17-3-9-20(31)10-4-17/h1-15H,31-32H2. The van der Waals surface area contributed by atoms with Crippen molar-refractivity contribution in [1.29, 1.82) is 0 Å². The van der Waals surface area contributed by atoms with Crippen molar-refractivity contribution in [2.45, 2.75) is 0 Å². The van der Waals surface area contributed by atoms with Crippen molar-refractivity contribution in [2.24, 2.45) is 0 Å². The number of nitrogen functional groups attached to an aromatic ring is 2. The van der Waals surface area contributed by atoms with Crippen LogP contribution in [0.2, 0.25) is 0 Å². The molecule has 38 heavy (non-hydrogen) atoms. The van der Waals surface area contributed by atoms with E-state index in [9.17, 15) is 18.8 Å². The van der Waals surface area contributed by atoms with Gasteiger partial charge in [-0.15, -0.1) is 0 Å². The number of halogens is 1. The van der Waals surface area contributed by atoms with Gasteiger partial charge in [0.15, 0.2) is 5.76 Å². The van der Waals surface area contributed by atoms with Crippen LogP contribution >= 0.6 is 0 Å². The number of ether oxygens (including phenoxy) is 2. The highest BCUT2D eigenvalue weighted by molar-refractivity contribution is 5.94. The lowest BCUT2D eigenvalue weighted by molar-refractivity contribution is 0.0722. The third-order valence-corrected chi connectivity index (χ3v) is 5.63. The lowest BCUT2D eigenvalue weighted by Crippen LogP contribution is -2.16. The summed E-state index contributed by atoms with van der Waals surface area (Å²) in [5.74, 6) is -2.33. The van der Waals surface area contributed by atoms with Gasteiger partial charge in [-0.2, -0.15) is 0 Å². The topological polar surface area (TPSA) is 135 Å². The molecule has 0 spiro atoms. The Balaban J connectivity index is 1.57. The number of esters is 2. The van der Waals surface area contributed by atoms with Gasteiger partial charge in [-0.1, -0.05) is 0 Å². The lowest BCUT2D eigenvalue weighted by atomic mass is 10.1. The van der Waals surface area contributed by atoms with Crippen LogP contribution in [0, 0.1) is 5.82 Å². The van der Waals surface area contributed by atoms with E-state index in [-0.39, 0.29) is 44.9 Å². The first-order valence-corrected chi connectivity index (χ1v) is 11.3. The second kappa shape index (κ2) is 9.90. The van der Waals surface area contributed by atoms with Crippen molar-refractivity contribution in [3.05, 3.63) is 118 Å². The third kappa shape index (κ3) is 4.93. The average Bonchev–Trinajstić information content (AvgIpc) is 2.91. The highest BCUT2D eigenvalue weighted by atomic mass is 19.1. The van der Waals surface area contributed by atoms with Crippen molar-refractivity contribution in [3.8, 4) is 22.8 Å². The fraction of sp³-hybridized carbons (Fsp3) is 0. The molecule has 5 aromatic rings. The SMILES string of the molecule is Nc1ccc(C(=O)Oc2ccc3c(=O)c(OC(=O)c4ccc(N)cc4)c(-c4ccc(F)cc4)oc3c2)cc1. The van der Waals surface area contributed by atoms with Crippen LogP contribution in [0.15, 0.2) is 100 Å². The molecule has 0 amide bonds. The van der Waals surface area contributed by atoms with Crippen molar-refractivity contribution in [3.63, 3.8) is 0 Å². The van der Waals surface area contributed by atoms with Gasteiger partial charge in [0, 0.05) is 23.0 Å². The maximum absolute atomic E-state index is 13.6. The van der Waals surface area contributed by atoms with E-state index in [0.29, 0.717) is 11.4 Å². The van der Waals surface area contributed by atoms with E-state index in [4.69, 9.17) is 25.4 Å². The van der Waals surface area contributed by atoms with Gasteiger partial charge in [-0.3, -0.25) is 4.79 Å². The molecule has 0 saturated carbocycles. The molecular weight excluding hydrogens is 491 g/mol. The van der Waals surface area contributed by atoms with Crippen molar-refractivity contribution < 1.29 is 27.9 Å². The van der Waals surface area contributed by atoms with Crippen LogP contribution in [0.4, 0.5) is 15.8 Å². The van der Waals surface area contributed by atoms with Gasteiger partial charge in [0.25, 0.3) is 0 Å². The molecule has 0 fully saturated rings. The molecule has 4 N–H and O–H groups in total. The Labute approximate surface area is 214 Å². The third-order valence-electron chi connectivity index (χ3n) is 5.63. The number of benzene rings is 4. The highest BCUT2D eigenvalue weighted by Gasteiger charge is 2.22. The maximum atomic E-state index is 13.6. The molecule has 0 radical (unpaired) electrons. The Morgan fingerprint density at radius 3 is 1.84 bits per heavy atom. The number of hydrogen-bond acceptors (Lipinski definition) is 8. The summed E-state index contributed by atoms with van der Waals surface area (Å²) in [4.78, 5) is 38.8. The fourth-order valence-electron chi connectivity index (χ4n) is 3.66. The van der Waals surface area contributed by atoms with E-state index in [0.717, 1.165) is 0 Å². The van der Waals surface area contributed by atoms with Crippen LogP contribution in [-0.4, -0.2) is 11.9 Å². The van der Waals surface area contributed by atoms with E-state index < -0.39 is 23.2 Å². The number of carbonyl (C=O) groups excluding carboxylic acids is 2. The molecule has 0 aliphatic rings. The summed E-state index contributed by atoms with van der Waals surface area (Å²) in [7, 11) is 0. The summed E-state index contributed by atoms with van der Waals surface area (Å²) in [6, 6.07) is 21.4. The Kier molecular flexibility index (Phi) is 6.32. The largest absolute Gasteiger partial charge is 0.452 e. The monoisotopic (exact) mass is 510 g/mol. The molecule has 0 bridgehead atoms. The second-order valence-electron chi connectivity index (χ2n) is 8.28. The zero-order valence-electron chi connectivity index (χ0n) is 19.6. The van der Waals surface area contributed by atoms with Gasteiger partial charge >= 0.3 is 11.9 Å². The van der Waals surface area contributed by atoms with Crippen LogP contribution < -0.4 is 26.4 Å². The van der Waals surface area contributed by atoms with Crippen molar-refractivity contribution >= 4 is 34.3 Å². The van der Waals surface area contributed by atoms with Crippen LogP contribution in [0.3, 0.4) is 0 Å². The molecule has 188 valence electrons. The normalized spacial score (nSPS) is 10.8. The van der Waals surface area contributed by atoms with Crippen molar-refractivity contribution in [2.75, 3.05) is 11.5 Å². The number of carbonyl (C=O) groups is 2. The molecule has 1 aromatic heterocycles. The predicted octanol–water partition coefficient (Wildman–Crippen LogP) is 5.20. The first-order valence-electron chi connectivity index (χ1n) is 11.3.